The number of amides is 1. The molecule has 4 rings (SSSR count). The Morgan fingerprint density at radius 2 is 1.66 bits per heavy atom. The van der Waals surface area contributed by atoms with Crippen molar-refractivity contribution < 1.29 is 18.0 Å². The number of aromatic nitrogens is 1. The number of fused-ring (bicyclic) bond motifs is 1. The molecule has 29 heavy (non-hydrogen) atoms. The lowest BCUT2D eigenvalue weighted by Crippen LogP contribution is -2.19. The van der Waals surface area contributed by atoms with Crippen LogP contribution < -0.4 is 10.5 Å². The summed E-state index contributed by atoms with van der Waals surface area (Å²) in [6.45, 7) is 0.582. The van der Waals surface area contributed by atoms with Crippen LogP contribution in [0.25, 0.3) is 0 Å². The van der Waals surface area contributed by atoms with Gasteiger partial charge in [0.05, 0.1) is 16.5 Å². The van der Waals surface area contributed by atoms with Gasteiger partial charge in [-0.3, -0.25) is 9.59 Å². The van der Waals surface area contributed by atoms with E-state index in [2.05, 4.69) is 5.32 Å². The molecular weight excluding hydrogens is 390 g/mol. The Bertz CT molecular complexity index is 1180. The number of carbonyl (C=O) groups is 2. The minimum absolute atomic E-state index is 0.0192. The molecule has 0 aliphatic carbocycles. The van der Waals surface area contributed by atoms with Gasteiger partial charge in [-0.1, -0.05) is 30.3 Å². The van der Waals surface area contributed by atoms with Gasteiger partial charge in [-0.2, -0.15) is 0 Å². The zero-order chi connectivity index (χ0) is 20.6. The Kier molecular flexibility index (Phi) is 4.81. The zero-order valence-corrected chi connectivity index (χ0v) is 16.2. The smallest absolute Gasteiger partial charge is 0.238 e. The summed E-state index contributed by atoms with van der Waals surface area (Å²) in [5, 5.41) is 7.88. The maximum Gasteiger partial charge on any atom is 0.238 e. The predicted molar refractivity (Wildman–Crippen MR) is 108 cm³/mol. The van der Waals surface area contributed by atoms with Crippen molar-refractivity contribution in [2.45, 2.75) is 23.8 Å². The number of nitrogens with one attached hydrogen (secondary N) is 1. The van der Waals surface area contributed by atoms with E-state index in [9.17, 15) is 18.0 Å². The van der Waals surface area contributed by atoms with Gasteiger partial charge >= 0.3 is 0 Å². The maximum absolute atomic E-state index is 12.8. The van der Waals surface area contributed by atoms with Crippen LogP contribution in [0.2, 0.25) is 0 Å². The van der Waals surface area contributed by atoms with Crippen LogP contribution in [-0.4, -0.2) is 24.7 Å². The van der Waals surface area contributed by atoms with Gasteiger partial charge in [-0.25, -0.2) is 13.6 Å². The van der Waals surface area contributed by atoms with Crippen LogP contribution in [0.3, 0.4) is 0 Å². The molecule has 0 radical (unpaired) electrons. The van der Waals surface area contributed by atoms with Gasteiger partial charge in [0, 0.05) is 23.5 Å². The van der Waals surface area contributed by atoms with Gasteiger partial charge in [0.15, 0.2) is 0 Å². The summed E-state index contributed by atoms with van der Waals surface area (Å²) in [5.74, 6) is -0.661. The van der Waals surface area contributed by atoms with Gasteiger partial charge in [-0.05, 0) is 42.8 Å². The molecule has 0 saturated carbocycles. The van der Waals surface area contributed by atoms with Crippen molar-refractivity contribution in [2.75, 3.05) is 5.32 Å². The number of nitrogens with two attached hydrogens (primary N) is 1. The fourth-order valence-corrected chi connectivity index (χ4v) is 4.12. The lowest BCUT2D eigenvalue weighted by atomic mass is 10.0. The summed E-state index contributed by atoms with van der Waals surface area (Å²) in [4.78, 5) is 25.5. The normalized spacial score (nSPS) is 15.7. The van der Waals surface area contributed by atoms with Gasteiger partial charge in [-0.15, -0.1) is 0 Å². The van der Waals surface area contributed by atoms with Crippen molar-refractivity contribution in [3.63, 3.8) is 0 Å². The second-order valence-electron chi connectivity index (χ2n) is 6.89. The van der Waals surface area contributed by atoms with Crippen LogP contribution >= 0.6 is 0 Å². The van der Waals surface area contributed by atoms with Crippen molar-refractivity contribution in [3.8, 4) is 0 Å². The van der Waals surface area contributed by atoms with Crippen LogP contribution in [0.4, 0.5) is 5.69 Å². The first kappa shape index (κ1) is 19.1. The van der Waals surface area contributed by atoms with E-state index < -0.39 is 10.0 Å². The Hall–Kier alpha value is -3.23. The van der Waals surface area contributed by atoms with E-state index in [-0.39, 0.29) is 22.5 Å². The van der Waals surface area contributed by atoms with Crippen LogP contribution in [-0.2, 0) is 21.4 Å². The third kappa shape index (κ3) is 3.72. The van der Waals surface area contributed by atoms with Crippen LogP contribution in [0, 0.1) is 0 Å². The summed E-state index contributed by atoms with van der Waals surface area (Å²) in [7, 11) is -3.78. The summed E-state index contributed by atoms with van der Waals surface area (Å²) in [6.07, 6.45) is 0.590. The van der Waals surface area contributed by atoms with Crippen molar-refractivity contribution in [1.82, 2.24) is 4.57 Å². The van der Waals surface area contributed by atoms with Gasteiger partial charge < -0.3 is 9.88 Å². The molecule has 1 amide bonds. The number of hydrogen-bond donors (Lipinski definition) is 2. The number of primary sulfonamides is 1. The lowest BCUT2D eigenvalue weighted by molar-refractivity contribution is -0.117. The standard InChI is InChI=1S/C21H19N3O4S/c22-29(27,28)16-8-6-15(7-9-16)23-21(26)17-12-13-24-18(17)10-11-19(24)20(25)14-4-2-1-3-5-14/h1-11,17H,12-13H2,(H,23,26)(H2,22,27,28)/t17-/m1/s1. The average molecular weight is 409 g/mol. The van der Waals surface area contributed by atoms with Crippen molar-refractivity contribution in [3.05, 3.63) is 83.7 Å². The molecule has 148 valence electrons. The highest BCUT2D eigenvalue weighted by Crippen LogP contribution is 2.32. The molecule has 0 unspecified atom stereocenters. The molecule has 3 N–H and O–H groups in total. The summed E-state index contributed by atoms with van der Waals surface area (Å²) >= 11 is 0. The molecule has 1 atom stereocenters. The molecule has 0 saturated heterocycles. The number of ketones is 1. The van der Waals surface area contributed by atoms with Crippen molar-refractivity contribution in [1.29, 1.82) is 0 Å². The summed E-state index contributed by atoms with van der Waals surface area (Å²) < 4.78 is 24.6. The van der Waals surface area contributed by atoms with E-state index in [1.807, 2.05) is 28.8 Å². The van der Waals surface area contributed by atoms with E-state index in [0.717, 1.165) is 5.69 Å². The lowest BCUT2D eigenvalue weighted by Gasteiger charge is -2.11. The number of nitrogens with zero attached hydrogens (tertiary/aromatic N) is 1. The fraction of sp³-hybridized carbons (Fsp3) is 0.143. The minimum Gasteiger partial charge on any atom is -0.341 e. The molecule has 1 aliphatic rings. The molecular formula is C21H19N3O4S. The molecule has 0 bridgehead atoms. The molecule has 0 spiro atoms. The molecule has 8 heteroatoms. The Labute approximate surface area is 168 Å². The van der Waals surface area contributed by atoms with Crippen molar-refractivity contribution in [2.24, 2.45) is 5.14 Å². The highest BCUT2D eigenvalue weighted by atomic mass is 32.2. The monoisotopic (exact) mass is 409 g/mol. The number of anilines is 1. The van der Waals surface area contributed by atoms with Gasteiger partial charge in [0.2, 0.25) is 21.7 Å². The highest BCUT2D eigenvalue weighted by molar-refractivity contribution is 7.89. The Morgan fingerprint density at radius 3 is 2.31 bits per heavy atom. The SMILES string of the molecule is NS(=O)(=O)c1ccc(NC(=O)[C@@H]2CCn3c(C(=O)c4ccccc4)ccc32)cc1. The molecule has 7 nitrogen and oxygen atoms in total. The predicted octanol–water partition coefficient (Wildman–Crippen LogP) is 2.49. The van der Waals surface area contributed by atoms with E-state index in [0.29, 0.717) is 29.9 Å². The highest BCUT2D eigenvalue weighted by Gasteiger charge is 2.32. The minimum atomic E-state index is -3.78. The van der Waals surface area contributed by atoms with Gasteiger partial charge in [0.25, 0.3) is 0 Å². The van der Waals surface area contributed by atoms with E-state index in [1.165, 1.54) is 24.3 Å². The number of carbonyl (C=O) groups excluding carboxylic acids is 2. The van der Waals surface area contributed by atoms with E-state index in [4.69, 9.17) is 5.14 Å². The molecule has 2 aromatic carbocycles. The second kappa shape index (κ2) is 7.31. The Balaban J connectivity index is 1.52. The molecule has 1 aliphatic heterocycles. The molecule has 2 heterocycles. The zero-order valence-electron chi connectivity index (χ0n) is 15.4. The number of benzene rings is 2. The number of rotatable bonds is 5. The van der Waals surface area contributed by atoms with Crippen LogP contribution in [0.5, 0.6) is 0 Å². The quantitative estimate of drug-likeness (QED) is 0.631. The van der Waals surface area contributed by atoms with Crippen LogP contribution in [0.15, 0.2) is 71.6 Å². The third-order valence-electron chi connectivity index (χ3n) is 5.05. The summed E-state index contributed by atoms with van der Waals surface area (Å²) in [5.41, 5.74) is 2.45. The molecule has 3 aromatic rings. The van der Waals surface area contributed by atoms with Crippen LogP contribution in [0.1, 0.15) is 34.1 Å². The number of hydrogen-bond acceptors (Lipinski definition) is 4. The third-order valence-corrected chi connectivity index (χ3v) is 5.98. The average Bonchev–Trinajstić information content (AvgIpc) is 3.30. The molecule has 0 fully saturated rings. The van der Waals surface area contributed by atoms with E-state index >= 15 is 0 Å². The summed E-state index contributed by atoms with van der Waals surface area (Å²) in [6, 6.07) is 18.3. The molecule has 1 aromatic heterocycles. The Morgan fingerprint density at radius 1 is 0.966 bits per heavy atom. The first-order chi connectivity index (χ1) is 13.8. The maximum atomic E-state index is 12.8. The number of sulfonamides is 1. The first-order valence-corrected chi connectivity index (χ1v) is 10.6. The van der Waals surface area contributed by atoms with Gasteiger partial charge in [0.1, 0.15) is 0 Å². The van der Waals surface area contributed by atoms with E-state index in [1.54, 1.807) is 18.2 Å². The first-order valence-electron chi connectivity index (χ1n) is 9.07. The topological polar surface area (TPSA) is 111 Å². The van der Waals surface area contributed by atoms with Crippen molar-refractivity contribution >= 4 is 27.4 Å². The second-order valence-corrected chi connectivity index (χ2v) is 8.45. The fourth-order valence-electron chi connectivity index (χ4n) is 3.60. The largest absolute Gasteiger partial charge is 0.341 e.